The van der Waals surface area contributed by atoms with Crippen LogP contribution in [0.5, 0.6) is 0 Å². The summed E-state index contributed by atoms with van der Waals surface area (Å²) in [6.07, 6.45) is 0.393. The Kier molecular flexibility index (Phi) is 3.68. The fourth-order valence-corrected chi connectivity index (χ4v) is 0.897. The maximum Gasteiger partial charge on any atom is 0.264 e. The zero-order valence-electron chi connectivity index (χ0n) is 7.86. The summed E-state index contributed by atoms with van der Waals surface area (Å²) in [5.41, 5.74) is -0.539. The van der Waals surface area contributed by atoms with Crippen LogP contribution in [0.15, 0.2) is 0 Å². The van der Waals surface area contributed by atoms with Gasteiger partial charge in [0.2, 0.25) is 0 Å². The van der Waals surface area contributed by atoms with E-state index >= 15 is 0 Å². The van der Waals surface area contributed by atoms with Crippen molar-refractivity contribution in [3.05, 3.63) is 0 Å². The Balaban J connectivity index is 4.10. The van der Waals surface area contributed by atoms with E-state index in [1.165, 1.54) is 0 Å². The Hall–Kier alpha value is -0.130. The van der Waals surface area contributed by atoms with Crippen molar-refractivity contribution in [2.45, 2.75) is 26.9 Å². The van der Waals surface area contributed by atoms with Crippen LogP contribution in [0.1, 0.15) is 20.8 Å². The zero-order valence-corrected chi connectivity index (χ0v) is 8.68. The minimum absolute atomic E-state index is 0.00347. The van der Waals surface area contributed by atoms with Crippen LogP contribution in [0.2, 0.25) is 0 Å². The number of aliphatic hydroxyl groups is 1. The molecular formula is C7H16O4S. The van der Waals surface area contributed by atoms with Crippen LogP contribution in [-0.4, -0.2) is 32.5 Å². The molecule has 0 aliphatic rings. The summed E-state index contributed by atoms with van der Waals surface area (Å²) < 4.78 is 25.8. The first-order chi connectivity index (χ1) is 5.15. The van der Waals surface area contributed by atoms with Crippen molar-refractivity contribution in [3.8, 4) is 0 Å². The van der Waals surface area contributed by atoms with Crippen LogP contribution < -0.4 is 0 Å². The van der Waals surface area contributed by atoms with Gasteiger partial charge < -0.3 is 5.11 Å². The molecule has 0 rings (SSSR count). The Labute approximate surface area is 73.7 Å². The molecule has 0 spiro atoms. The number of hydrogen-bond donors (Lipinski definition) is 1. The lowest BCUT2D eigenvalue weighted by Gasteiger charge is -2.26. The van der Waals surface area contributed by atoms with E-state index in [4.69, 9.17) is 0 Å². The summed E-state index contributed by atoms with van der Waals surface area (Å²) in [4.78, 5) is 0. The predicted octanol–water partition coefficient (Wildman–Crippen LogP) is 0.370. The van der Waals surface area contributed by atoms with E-state index in [9.17, 15) is 13.5 Å². The second-order valence-corrected chi connectivity index (χ2v) is 5.27. The maximum atomic E-state index is 10.6. The van der Waals surface area contributed by atoms with E-state index in [1.54, 1.807) is 20.8 Å². The number of rotatable bonds is 4. The van der Waals surface area contributed by atoms with Crippen molar-refractivity contribution in [1.29, 1.82) is 0 Å². The maximum absolute atomic E-state index is 10.6. The molecule has 0 fully saturated rings. The fraction of sp³-hybridized carbons (Fsp3) is 1.00. The van der Waals surface area contributed by atoms with Gasteiger partial charge in [0, 0.05) is 5.41 Å². The molecule has 0 amide bonds. The molecule has 0 radical (unpaired) electrons. The fourth-order valence-electron chi connectivity index (χ4n) is 0.380. The quantitative estimate of drug-likeness (QED) is 0.660. The van der Waals surface area contributed by atoms with Gasteiger partial charge in [-0.15, -0.1) is 0 Å². The molecule has 0 saturated carbocycles. The molecule has 1 N–H and O–H groups in total. The second kappa shape index (κ2) is 3.72. The van der Waals surface area contributed by atoms with Crippen LogP contribution in [0.25, 0.3) is 0 Å². The minimum atomic E-state index is -3.40. The standard InChI is InChI=1S/C7H16O4S/c1-6(8)7(2,3)5-11-12(4,9)10/h6,8H,5H2,1-4H3/t6-/m0/s1. The first-order valence-corrected chi connectivity index (χ1v) is 5.49. The molecule has 0 aromatic heterocycles. The lowest BCUT2D eigenvalue weighted by molar-refractivity contribution is 0.0307. The van der Waals surface area contributed by atoms with E-state index in [2.05, 4.69) is 4.18 Å². The molecule has 74 valence electrons. The van der Waals surface area contributed by atoms with E-state index in [-0.39, 0.29) is 6.61 Å². The van der Waals surface area contributed by atoms with Crippen molar-refractivity contribution >= 4 is 10.1 Å². The topological polar surface area (TPSA) is 63.6 Å². The van der Waals surface area contributed by atoms with Gasteiger partial charge in [0.05, 0.1) is 19.0 Å². The van der Waals surface area contributed by atoms with E-state index in [0.29, 0.717) is 0 Å². The molecule has 12 heavy (non-hydrogen) atoms. The third-order valence-corrected chi connectivity index (χ3v) is 2.32. The Bertz CT molecular complexity index is 228. The van der Waals surface area contributed by atoms with Gasteiger partial charge in [-0.1, -0.05) is 13.8 Å². The van der Waals surface area contributed by atoms with Gasteiger partial charge in [0.1, 0.15) is 0 Å². The molecule has 0 heterocycles. The van der Waals surface area contributed by atoms with Crippen molar-refractivity contribution in [3.63, 3.8) is 0 Å². The largest absolute Gasteiger partial charge is 0.393 e. The monoisotopic (exact) mass is 196 g/mol. The molecule has 0 bridgehead atoms. The smallest absolute Gasteiger partial charge is 0.264 e. The molecule has 1 atom stereocenters. The van der Waals surface area contributed by atoms with E-state index < -0.39 is 21.6 Å². The van der Waals surface area contributed by atoms with Crippen LogP contribution >= 0.6 is 0 Å². The van der Waals surface area contributed by atoms with Crippen LogP contribution in [0.4, 0.5) is 0 Å². The third kappa shape index (κ3) is 4.69. The molecule has 0 aliphatic carbocycles. The van der Waals surface area contributed by atoms with Gasteiger partial charge in [-0.05, 0) is 6.92 Å². The predicted molar refractivity (Wildman–Crippen MR) is 46.3 cm³/mol. The first kappa shape index (κ1) is 11.9. The summed E-state index contributed by atoms with van der Waals surface area (Å²) in [5.74, 6) is 0. The highest BCUT2D eigenvalue weighted by Crippen LogP contribution is 2.21. The summed E-state index contributed by atoms with van der Waals surface area (Å²) >= 11 is 0. The molecule has 0 aromatic carbocycles. The Morgan fingerprint density at radius 1 is 1.50 bits per heavy atom. The van der Waals surface area contributed by atoms with Crippen molar-refractivity contribution in [2.24, 2.45) is 5.41 Å². The molecule has 5 heteroatoms. The molecule has 0 aromatic rings. The summed E-state index contributed by atoms with van der Waals surface area (Å²) in [6, 6.07) is 0. The van der Waals surface area contributed by atoms with Gasteiger partial charge in [0.25, 0.3) is 10.1 Å². The van der Waals surface area contributed by atoms with Gasteiger partial charge >= 0.3 is 0 Å². The van der Waals surface area contributed by atoms with Gasteiger partial charge in [-0.2, -0.15) is 8.42 Å². The Morgan fingerprint density at radius 3 is 2.17 bits per heavy atom. The normalized spacial score (nSPS) is 16.1. The highest BCUT2D eigenvalue weighted by molar-refractivity contribution is 7.85. The third-order valence-electron chi connectivity index (χ3n) is 1.78. The molecule has 0 saturated heterocycles. The minimum Gasteiger partial charge on any atom is -0.393 e. The van der Waals surface area contributed by atoms with Crippen LogP contribution in [0, 0.1) is 5.41 Å². The molecule has 0 unspecified atom stereocenters. The van der Waals surface area contributed by atoms with Crippen LogP contribution in [0.3, 0.4) is 0 Å². The first-order valence-electron chi connectivity index (χ1n) is 3.67. The second-order valence-electron chi connectivity index (χ2n) is 3.63. The lowest BCUT2D eigenvalue weighted by atomic mass is 9.89. The van der Waals surface area contributed by atoms with Gasteiger partial charge in [-0.25, -0.2) is 0 Å². The Morgan fingerprint density at radius 2 is 1.92 bits per heavy atom. The highest BCUT2D eigenvalue weighted by Gasteiger charge is 2.26. The van der Waals surface area contributed by atoms with E-state index in [0.717, 1.165) is 6.26 Å². The lowest BCUT2D eigenvalue weighted by Crippen LogP contribution is -2.32. The summed E-state index contributed by atoms with van der Waals surface area (Å²) in [6.45, 7) is 5.08. The molecule has 0 aliphatic heterocycles. The van der Waals surface area contributed by atoms with Gasteiger partial charge in [0.15, 0.2) is 0 Å². The van der Waals surface area contributed by atoms with E-state index in [1.807, 2.05) is 0 Å². The summed E-state index contributed by atoms with van der Waals surface area (Å²) in [7, 11) is -3.40. The average Bonchev–Trinajstić information content (AvgIpc) is 1.82. The van der Waals surface area contributed by atoms with Gasteiger partial charge in [-0.3, -0.25) is 4.18 Å². The zero-order chi connectivity index (χ0) is 9.99. The number of aliphatic hydroxyl groups excluding tert-OH is 1. The highest BCUT2D eigenvalue weighted by atomic mass is 32.2. The SMILES string of the molecule is C[C@H](O)C(C)(C)COS(C)(=O)=O. The number of hydrogen-bond acceptors (Lipinski definition) is 4. The summed E-state index contributed by atoms with van der Waals surface area (Å²) in [5, 5.41) is 9.20. The van der Waals surface area contributed by atoms with Crippen molar-refractivity contribution < 1.29 is 17.7 Å². The van der Waals surface area contributed by atoms with Crippen molar-refractivity contribution in [1.82, 2.24) is 0 Å². The van der Waals surface area contributed by atoms with Crippen LogP contribution in [-0.2, 0) is 14.3 Å². The van der Waals surface area contributed by atoms with Crippen molar-refractivity contribution in [2.75, 3.05) is 12.9 Å². The molecular weight excluding hydrogens is 180 g/mol. The molecule has 4 nitrogen and oxygen atoms in total. The average molecular weight is 196 g/mol.